The zero-order valence-corrected chi connectivity index (χ0v) is 15.8. The molecule has 1 aliphatic rings. The lowest BCUT2D eigenvalue weighted by molar-refractivity contribution is 0.217. The molecule has 25 heavy (non-hydrogen) atoms. The van der Waals surface area contributed by atoms with Crippen molar-refractivity contribution in [3.05, 3.63) is 41.6 Å². The van der Waals surface area contributed by atoms with Crippen LogP contribution in [-0.4, -0.2) is 30.6 Å². The van der Waals surface area contributed by atoms with Crippen LogP contribution in [0.2, 0.25) is 0 Å². The highest BCUT2D eigenvalue weighted by Gasteiger charge is 2.28. The van der Waals surface area contributed by atoms with Gasteiger partial charge in [-0.05, 0) is 37.1 Å². The van der Waals surface area contributed by atoms with E-state index in [0.717, 1.165) is 42.7 Å². The lowest BCUT2D eigenvalue weighted by Crippen LogP contribution is -2.23. The fraction of sp³-hybridized carbons (Fsp3) is 0.550. The van der Waals surface area contributed by atoms with Gasteiger partial charge >= 0.3 is 0 Å². The van der Waals surface area contributed by atoms with Gasteiger partial charge in [0.2, 0.25) is 5.89 Å². The topological polar surface area (TPSA) is 47.7 Å². The highest BCUT2D eigenvalue weighted by Crippen LogP contribution is 2.37. The van der Waals surface area contributed by atoms with Gasteiger partial charge < -0.3 is 13.9 Å². The third-order valence-electron chi connectivity index (χ3n) is 4.79. The highest BCUT2D eigenvalue weighted by molar-refractivity contribution is 5.44. The lowest BCUT2D eigenvalue weighted by Gasteiger charge is -2.24. The van der Waals surface area contributed by atoms with E-state index in [1.165, 1.54) is 12.0 Å². The Balaban J connectivity index is 1.78. The van der Waals surface area contributed by atoms with Crippen molar-refractivity contribution in [2.24, 2.45) is 0 Å². The van der Waals surface area contributed by atoms with E-state index in [1.54, 1.807) is 14.2 Å². The van der Waals surface area contributed by atoms with Crippen LogP contribution in [0.4, 0.5) is 0 Å². The standard InChI is InChI=1S/C20H28N2O3/c1-20(2,3)18-12-21-19(25-18)13-22-10-6-7-15(22)14-8-9-16(23-4)17(11-14)24-5/h8-9,11-12,15H,6-7,10,13H2,1-5H3/t15-/m0/s1. The first-order chi connectivity index (χ1) is 11.9. The summed E-state index contributed by atoms with van der Waals surface area (Å²) in [5.41, 5.74) is 1.23. The van der Waals surface area contributed by atoms with Crippen LogP contribution >= 0.6 is 0 Å². The van der Waals surface area contributed by atoms with Crippen LogP contribution in [0.3, 0.4) is 0 Å². The Morgan fingerprint density at radius 1 is 1.20 bits per heavy atom. The molecule has 1 aromatic heterocycles. The van der Waals surface area contributed by atoms with Crippen molar-refractivity contribution >= 4 is 0 Å². The second kappa shape index (κ2) is 7.08. The summed E-state index contributed by atoms with van der Waals surface area (Å²) in [7, 11) is 3.34. The number of oxazole rings is 1. The van der Waals surface area contributed by atoms with Gasteiger partial charge in [-0.15, -0.1) is 0 Å². The first kappa shape index (κ1) is 17.8. The Morgan fingerprint density at radius 2 is 1.96 bits per heavy atom. The Morgan fingerprint density at radius 3 is 2.60 bits per heavy atom. The summed E-state index contributed by atoms with van der Waals surface area (Å²) in [4.78, 5) is 6.91. The van der Waals surface area contributed by atoms with Gasteiger partial charge in [-0.25, -0.2) is 4.98 Å². The van der Waals surface area contributed by atoms with Gasteiger partial charge in [-0.1, -0.05) is 26.8 Å². The molecule has 1 atom stereocenters. The summed E-state index contributed by atoms with van der Waals surface area (Å²) in [5, 5.41) is 0. The van der Waals surface area contributed by atoms with Gasteiger partial charge in [0.15, 0.2) is 11.5 Å². The van der Waals surface area contributed by atoms with Crippen molar-refractivity contribution in [3.63, 3.8) is 0 Å². The SMILES string of the molecule is COc1ccc([C@@H]2CCCN2Cc2ncc(C(C)(C)C)o2)cc1OC. The third-order valence-corrected chi connectivity index (χ3v) is 4.79. The molecule has 0 radical (unpaired) electrons. The molecule has 1 aromatic carbocycles. The van der Waals surface area contributed by atoms with Crippen molar-refractivity contribution in [2.75, 3.05) is 20.8 Å². The van der Waals surface area contributed by atoms with E-state index in [2.05, 4.69) is 42.8 Å². The molecular formula is C20H28N2O3. The van der Waals surface area contributed by atoms with Crippen LogP contribution in [-0.2, 0) is 12.0 Å². The zero-order valence-electron chi connectivity index (χ0n) is 15.8. The molecule has 5 nitrogen and oxygen atoms in total. The lowest BCUT2D eigenvalue weighted by atomic mass is 9.94. The number of nitrogens with zero attached hydrogens (tertiary/aromatic N) is 2. The average Bonchev–Trinajstić information content (AvgIpc) is 3.23. The van der Waals surface area contributed by atoms with Gasteiger partial charge in [0.1, 0.15) is 5.76 Å². The minimum Gasteiger partial charge on any atom is -0.493 e. The minimum atomic E-state index is -0.0149. The Hall–Kier alpha value is -2.01. The van der Waals surface area contributed by atoms with Gasteiger partial charge in [-0.2, -0.15) is 0 Å². The molecule has 0 unspecified atom stereocenters. The van der Waals surface area contributed by atoms with Crippen LogP contribution in [0.25, 0.3) is 0 Å². The summed E-state index contributed by atoms with van der Waals surface area (Å²) in [6, 6.07) is 6.54. The molecule has 0 aliphatic carbocycles. The van der Waals surface area contributed by atoms with Crippen molar-refractivity contribution < 1.29 is 13.9 Å². The molecule has 5 heteroatoms. The second-order valence-corrected chi connectivity index (χ2v) is 7.61. The van der Waals surface area contributed by atoms with Crippen LogP contribution in [0, 0.1) is 0 Å². The van der Waals surface area contributed by atoms with Crippen molar-refractivity contribution in [2.45, 2.75) is 51.6 Å². The molecule has 3 rings (SSSR count). The first-order valence-electron chi connectivity index (χ1n) is 8.83. The Labute approximate surface area is 149 Å². The molecule has 0 spiro atoms. The maximum absolute atomic E-state index is 5.98. The zero-order chi connectivity index (χ0) is 18.0. The van der Waals surface area contributed by atoms with Crippen molar-refractivity contribution in [1.82, 2.24) is 9.88 Å². The fourth-order valence-electron chi connectivity index (χ4n) is 3.36. The Bertz CT molecular complexity index is 718. The maximum atomic E-state index is 5.98. The number of benzene rings is 1. The van der Waals surface area contributed by atoms with Crippen LogP contribution in [0.15, 0.2) is 28.8 Å². The summed E-state index contributed by atoms with van der Waals surface area (Å²) in [5.74, 6) is 3.26. The number of ether oxygens (including phenoxy) is 2. The summed E-state index contributed by atoms with van der Waals surface area (Å²) >= 11 is 0. The van der Waals surface area contributed by atoms with Crippen molar-refractivity contribution in [1.29, 1.82) is 0 Å². The van der Waals surface area contributed by atoms with E-state index in [1.807, 2.05) is 12.3 Å². The predicted molar refractivity (Wildman–Crippen MR) is 97.1 cm³/mol. The molecule has 1 fully saturated rings. The quantitative estimate of drug-likeness (QED) is 0.808. The molecular weight excluding hydrogens is 316 g/mol. The van der Waals surface area contributed by atoms with Gasteiger partial charge in [0.05, 0.1) is 27.0 Å². The third kappa shape index (κ3) is 3.82. The second-order valence-electron chi connectivity index (χ2n) is 7.61. The normalized spacial score (nSPS) is 18.5. The van der Waals surface area contributed by atoms with Gasteiger partial charge in [0.25, 0.3) is 0 Å². The number of hydrogen-bond acceptors (Lipinski definition) is 5. The van der Waals surface area contributed by atoms with E-state index >= 15 is 0 Å². The average molecular weight is 344 g/mol. The maximum Gasteiger partial charge on any atom is 0.208 e. The van der Waals surface area contributed by atoms with E-state index in [0.29, 0.717) is 6.04 Å². The molecule has 2 heterocycles. The van der Waals surface area contributed by atoms with Crippen LogP contribution in [0.1, 0.15) is 56.9 Å². The number of rotatable bonds is 5. The molecule has 0 amide bonds. The minimum absolute atomic E-state index is 0.0149. The van der Waals surface area contributed by atoms with Crippen LogP contribution < -0.4 is 9.47 Å². The molecule has 1 aliphatic heterocycles. The smallest absolute Gasteiger partial charge is 0.208 e. The fourth-order valence-corrected chi connectivity index (χ4v) is 3.36. The highest BCUT2D eigenvalue weighted by atomic mass is 16.5. The van der Waals surface area contributed by atoms with Crippen LogP contribution in [0.5, 0.6) is 11.5 Å². The number of aromatic nitrogens is 1. The first-order valence-corrected chi connectivity index (χ1v) is 8.83. The molecule has 1 saturated heterocycles. The molecule has 136 valence electrons. The number of methoxy groups -OCH3 is 2. The monoisotopic (exact) mass is 344 g/mol. The van der Waals surface area contributed by atoms with Crippen molar-refractivity contribution in [3.8, 4) is 11.5 Å². The van der Waals surface area contributed by atoms with E-state index < -0.39 is 0 Å². The van der Waals surface area contributed by atoms with E-state index in [4.69, 9.17) is 13.9 Å². The molecule has 2 aromatic rings. The largest absolute Gasteiger partial charge is 0.493 e. The Kier molecular flexibility index (Phi) is 5.04. The van der Waals surface area contributed by atoms with Gasteiger partial charge in [0, 0.05) is 11.5 Å². The van der Waals surface area contributed by atoms with E-state index in [-0.39, 0.29) is 5.41 Å². The summed E-state index contributed by atoms with van der Waals surface area (Å²) in [6.45, 7) is 8.19. The summed E-state index contributed by atoms with van der Waals surface area (Å²) < 4.78 is 16.8. The predicted octanol–water partition coefficient (Wildman–Crippen LogP) is 4.33. The summed E-state index contributed by atoms with van der Waals surface area (Å²) in [6.07, 6.45) is 4.16. The molecule has 0 saturated carbocycles. The molecule has 0 N–H and O–H groups in total. The molecule has 0 bridgehead atoms. The van der Waals surface area contributed by atoms with Gasteiger partial charge in [-0.3, -0.25) is 4.90 Å². The number of likely N-dealkylation sites (tertiary alicyclic amines) is 1. The number of hydrogen-bond donors (Lipinski definition) is 0. The van der Waals surface area contributed by atoms with E-state index in [9.17, 15) is 0 Å².